The zero-order valence-corrected chi connectivity index (χ0v) is 16.9. The second-order valence-electron chi connectivity index (χ2n) is 6.26. The normalized spacial score (nSPS) is 11.1. The molecule has 0 aliphatic carbocycles. The number of nitrogens with one attached hydrogen (secondary N) is 3. The molecule has 2 rings (SSSR count). The first-order valence-corrected chi connectivity index (χ1v) is 10.2. The number of amides is 2. The van der Waals surface area contributed by atoms with Crippen LogP contribution in [0.15, 0.2) is 41.6 Å². The minimum atomic E-state index is -3.67. The molecule has 0 saturated heterocycles. The van der Waals surface area contributed by atoms with Gasteiger partial charge < -0.3 is 10.6 Å². The summed E-state index contributed by atoms with van der Waals surface area (Å²) < 4.78 is 26.5. The molecule has 2 aromatic rings. The van der Waals surface area contributed by atoms with Gasteiger partial charge in [0.05, 0.1) is 4.90 Å². The summed E-state index contributed by atoms with van der Waals surface area (Å²) in [5.74, 6) is -0.631. The standard InChI is InChI=1S/C19H24N4O4S/c1-13-10-16(11-17(14(13)2)28(26,27)20-3)19(25)22-9-6-18(24)23-12-15-4-7-21-8-5-15/h4-5,7-8,10-11,20H,6,9,12H2,1-3H3,(H,22,25)(H,23,24). The van der Waals surface area contributed by atoms with Gasteiger partial charge in [0.15, 0.2) is 0 Å². The fourth-order valence-electron chi connectivity index (χ4n) is 2.53. The lowest BCUT2D eigenvalue weighted by molar-refractivity contribution is -0.121. The van der Waals surface area contributed by atoms with E-state index < -0.39 is 15.9 Å². The Morgan fingerprint density at radius 3 is 2.39 bits per heavy atom. The maximum atomic E-state index is 12.4. The minimum Gasteiger partial charge on any atom is -0.352 e. The lowest BCUT2D eigenvalue weighted by Crippen LogP contribution is -2.31. The second-order valence-corrected chi connectivity index (χ2v) is 8.12. The lowest BCUT2D eigenvalue weighted by Gasteiger charge is -2.12. The molecule has 28 heavy (non-hydrogen) atoms. The van der Waals surface area contributed by atoms with Crippen LogP contribution in [0.3, 0.4) is 0 Å². The molecule has 150 valence electrons. The third-order valence-electron chi connectivity index (χ3n) is 4.32. The van der Waals surface area contributed by atoms with Crippen molar-refractivity contribution in [3.05, 3.63) is 58.9 Å². The van der Waals surface area contributed by atoms with Gasteiger partial charge in [-0.1, -0.05) is 0 Å². The smallest absolute Gasteiger partial charge is 0.251 e. The summed E-state index contributed by atoms with van der Waals surface area (Å²) in [6, 6.07) is 6.58. The number of aryl methyl sites for hydroxylation is 1. The lowest BCUT2D eigenvalue weighted by atomic mass is 10.1. The van der Waals surface area contributed by atoms with Gasteiger partial charge in [-0.25, -0.2) is 13.1 Å². The number of nitrogens with zero attached hydrogens (tertiary/aromatic N) is 1. The molecule has 3 N–H and O–H groups in total. The van der Waals surface area contributed by atoms with E-state index in [0.29, 0.717) is 17.7 Å². The number of rotatable bonds is 8. The maximum Gasteiger partial charge on any atom is 0.251 e. The van der Waals surface area contributed by atoms with Crippen LogP contribution in [0.1, 0.15) is 33.5 Å². The van der Waals surface area contributed by atoms with E-state index in [2.05, 4.69) is 20.3 Å². The average Bonchev–Trinajstić information content (AvgIpc) is 2.68. The number of sulfonamides is 1. The molecule has 0 unspecified atom stereocenters. The van der Waals surface area contributed by atoms with Gasteiger partial charge in [-0.2, -0.15) is 0 Å². The average molecular weight is 404 g/mol. The predicted molar refractivity (Wildman–Crippen MR) is 105 cm³/mol. The Balaban J connectivity index is 1.93. The summed E-state index contributed by atoms with van der Waals surface area (Å²) in [5.41, 5.74) is 2.44. The van der Waals surface area contributed by atoms with E-state index in [1.807, 2.05) is 0 Å². The number of aromatic nitrogens is 1. The van der Waals surface area contributed by atoms with Crippen LogP contribution in [0.5, 0.6) is 0 Å². The quantitative estimate of drug-likeness (QED) is 0.608. The van der Waals surface area contributed by atoms with Gasteiger partial charge in [-0.05, 0) is 61.9 Å². The molecule has 0 saturated carbocycles. The molecule has 8 nitrogen and oxygen atoms in total. The van der Waals surface area contributed by atoms with Crippen LogP contribution in [-0.4, -0.2) is 38.8 Å². The van der Waals surface area contributed by atoms with Crippen molar-refractivity contribution >= 4 is 21.8 Å². The summed E-state index contributed by atoms with van der Waals surface area (Å²) in [6.45, 7) is 3.96. The van der Waals surface area contributed by atoms with E-state index in [-0.39, 0.29) is 29.3 Å². The van der Waals surface area contributed by atoms with Crippen LogP contribution < -0.4 is 15.4 Å². The van der Waals surface area contributed by atoms with Crippen LogP contribution in [0.4, 0.5) is 0 Å². The Morgan fingerprint density at radius 1 is 1.07 bits per heavy atom. The summed E-state index contributed by atoms with van der Waals surface area (Å²) in [6.07, 6.45) is 3.41. The molecule has 1 heterocycles. The summed E-state index contributed by atoms with van der Waals surface area (Å²) in [7, 11) is -2.35. The highest BCUT2D eigenvalue weighted by atomic mass is 32.2. The molecule has 0 fully saturated rings. The highest BCUT2D eigenvalue weighted by Gasteiger charge is 2.19. The number of carbonyl (C=O) groups is 2. The summed E-state index contributed by atoms with van der Waals surface area (Å²) >= 11 is 0. The summed E-state index contributed by atoms with van der Waals surface area (Å²) in [5, 5.41) is 5.41. The SMILES string of the molecule is CNS(=O)(=O)c1cc(C(=O)NCCC(=O)NCc2ccncc2)cc(C)c1C. The van der Waals surface area contributed by atoms with Crippen LogP contribution in [-0.2, 0) is 21.4 Å². The van der Waals surface area contributed by atoms with Crippen molar-refractivity contribution in [3.8, 4) is 0 Å². The Bertz CT molecular complexity index is 959. The molecular weight excluding hydrogens is 380 g/mol. The minimum absolute atomic E-state index is 0.0650. The van der Waals surface area contributed by atoms with Gasteiger partial charge in [0.1, 0.15) is 0 Å². The molecule has 0 atom stereocenters. The first-order valence-electron chi connectivity index (χ1n) is 8.73. The van der Waals surface area contributed by atoms with E-state index in [0.717, 1.165) is 5.56 Å². The first kappa shape index (κ1) is 21.5. The fraction of sp³-hybridized carbons (Fsp3) is 0.316. The van der Waals surface area contributed by atoms with Crippen molar-refractivity contribution < 1.29 is 18.0 Å². The van der Waals surface area contributed by atoms with Crippen molar-refractivity contribution in [1.29, 1.82) is 0 Å². The van der Waals surface area contributed by atoms with Gasteiger partial charge in [-0.15, -0.1) is 0 Å². The Labute approximate surface area is 164 Å². The molecule has 0 aliphatic heterocycles. The topological polar surface area (TPSA) is 117 Å². The molecule has 0 aliphatic rings. The molecule has 1 aromatic carbocycles. The maximum absolute atomic E-state index is 12.4. The van der Waals surface area contributed by atoms with E-state index in [9.17, 15) is 18.0 Å². The largest absolute Gasteiger partial charge is 0.352 e. The molecule has 0 radical (unpaired) electrons. The molecule has 2 amide bonds. The van der Waals surface area contributed by atoms with Crippen LogP contribution in [0.2, 0.25) is 0 Å². The van der Waals surface area contributed by atoms with Gasteiger partial charge >= 0.3 is 0 Å². The number of hydrogen-bond donors (Lipinski definition) is 3. The van der Waals surface area contributed by atoms with Gasteiger partial charge in [-0.3, -0.25) is 14.6 Å². The highest BCUT2D eigenvalue weighted by Crippen LogP contribution is 2.21. The van der Waals surface area contributed by atoms with E-state index >= 15 is 0 Å². The number of hydrogen-bond acceptors (Lipinski definition) is 5. The summed E-state index contributed by atoms with van der Waals surface area (Å²) in [4.78, 5) is 28.2. The Kier molecular flexibility index (Phi) is 7.24. The van der Waals surface area contributed by atoms with E-state index in [1.54, 1.807) is 44.4 Å². The van der Waals surface area contributed by atoms with Crippen molar-refractivity contribution in [2.24, 2.45) is 0 Å². The van der Waals surface area contributed by atoms with Crippen molar-refractivity contribution in [3.63, 3.8) is 0 Å². The van der Waals surface area contributed by atoms with Crippen LogP contribution >= 0.6 is 0 Å². The van der Waals surface area contributed by atoms with Gasteiger partial charge in [0.25, 0.3) is 5.91 Å². The molecule has 0 spiro atoms. The zero-order chi connectivity index (χ0) is 20.7. The number of pyridine rings is 1. The Morgan fingerprint density at radius 2 is 1.75 bits per heavy atom. The molecule has 1 aromatic heterocycles. The molecule has 0 bridgehead atoms. The third kappa shape index (κ3) is 5.61. The van der Waals surface area contributed by atoms with Gasteiger partial charge in [0, 0.05) is 37.5 Å². The molecule has 9 heteroatoms. The van der Waals surface area contributed by atoms with Crippen molar-refractivity contribution in [2.75, 3.05) is 13.6 Å². The number of benzene rings is 1. The van der Waals surface area contributed by atoms with Crippen LogP contribution in [0.25, 0.3) is 0 Å². The second kappa shape index (κ2) is 9.43. The third-order valence-corrected chi connectivity index (χ3v) is 5.86. The Hall–Kier alpha value is -2.78. The van der Waals surface area contributed by atoms with Gasteiger partial charge in [0.2, 0.25) is 15.9 Å². The van der Waals surface area contributed by atoms with E-state index in [1.165, 1.54) is 13.1 Å². The fourth-order valence-corrected chi connectivity index (χ4v) is 3.59. The van der Waals surface area contributed by atoms with Crippen molar-refractivity contribution in [1.82, 2.24) is 20.3 Å². The number of carbonyl (C=O) groups excluding carboxylic acids is 2. The van der Waals surface area contributed by atoms with Crippen LogP contribution in [0, 0.1) is 13.8 Å². The highest BCUT2D eigenvalue weighted by molar-refractivity contribution is 7.89. The van der Waals surface area contributed by atoms with E-state index in [4.69, 9.17) is 0 Å². The zero-order valence-electron chi connectivity index (χ0n) is 16.1. The van der Waals surface area contributed by atoms with Crippen molar-refractivity contribution in [2.45, 2.75) is 31.7 Å². The molecular formula is C19H24N4O4S. The predicted octanol–water partition coefficient (Wildman–Crippen LogP) is 1.04. The monoisotopic (exact) mass is 404 g/mol. The first-order chi connectivity index (χ1) is 13.2.